The first-order valence-electron chi connectivity index (χ1n) is 7.61. The highest BCUT2D eigenvalue weighted by Gasteiger charge is 2.33. The number of hydrogen-bond acceptors (Lipinski definition) is 5. The largest absolute Gasteiger partial charge is 0.433 e. The molecule has 2 N–H and O–H groups in total. The first-order valence-corrected chi connectivity index (χ1v) is 7.99. The summed E-state index contributed by atoms with van der Waals surface area (Å²) in [5.41, 5.74) is -0.427. The quantitative estimate of drug-likeness (QED) is 0.710. The number of hydrogen-bond donors (Lipinski definition) is 2. The van der Waals surface area contributed by atoms with Gasteiger partial charge >= 0.3 is 6.18 Å². The molecule has 9 heteroatoms. The predicted molar refractivity (Wildman–Crippen MR) is 93.4 cm³/mol. The molecule has 5 nitrogen and oxygen atoms in total. The Morgan fingerprint density at radius 2 is 1.80 bits per heavy atom. The Morgan fingerprint density at radius 1 is 1.12 bits per heavy atom. The van der Waals surface area contributed by atoms with E-state index < -0.39 is 11.9 Å². The highest BCUT2D eigenvalue weighted by atomic mass is 35.5. The van der Waals surface area contributed by atoms with Crippen molar-refractivity contribution in [3.63, 3.8) is 0 Å². The van der Waals surface area contributed by atoms with Crippen LogP contribution in [0.3, 0.4) is 0 Å². The predicted octanol–water partition coefficient (Wildman–Crippen LogP) is 4.26. The number of rotatable bonds is 7. The van der Waals surface area contributed by atoms with Crippen LogP contribution in [-0.4, -0.2) is 42.1 Å². The van der Waals surface area contributed by atoms with E-state index in [1.807, 2.05) is 19.0 Å². The van der Waals surface area contributed by atoms with Crippen LogP contribution in [0.1, 0.15) is 12.1 Å². The van der Waals surface area contributed by atoms with Crippen molar-refractivity contribution in [1.29, 1.82) is 0 Å². The first-order chi connectivity index (χ1) is 11.7. The SMILES string of the molecule is CN(C)CCCNc1nc(Nc2ccc(Cl)cc2)cc(C(F)(F)F)n1. The third-order valence-electron chi connectivity index (χ3n) is 3.20. The van der Waals surface area contributed by atoms with Gasteiger partial charge in [-0.2, -0.15) is 18.2 Å². The van der Waals surface area contributed by atoms with Gasteiger partial charge in [-0.25, -0.2) is 4.98 Å². The minimum Gasteiger partial charge on any atom is -0.354 e. The van der Waals surface area contributed by atoms with Crippen molar-refractivity contribution in [3.8, 4) is 0 Å². The van der Waals surface area contributed by atoms with Gasteiger partial charge in [0.05, 0.1) is 0 Å². The second-order valence-electron chi connectivity index (χ2n) is 5.68. The zero-order valence-electron chi connectivity index (χ0n) is 13.9. The molecule has 0 atom stereocenters. The Labute approximate surface area is 149 Å². The van der Waals surface area contributed by atoms with Crippen molar-refractivity contribution in [2.24, 2.45) is 0 Å². The number of nitrogens with one attached hydrogen (secondary N) is 2. The second kappa shape index (κ2) is 8.35. The van der Waals surface area contributed by atoms with Crippen LogP contribution in [0, 0.1) is 0 Å². The number of anilines is 3. The lowest BCUT2D eigenvalue weighted by atomic mass is 10.3. The van der Waals surface area contributed by atoms with Crippen LogP contribution in [0.15, 0.2) is 30.3 Å². The van der Waals surface area contributed by atoms with E-state index in [2.05, 4.69) is 20.6 Å². The standard InChI is InChI=1S/C16H19ClF3N5/c1-25(2)9-3-8-21-15-23-13(16(18,19)20)10-14(24-15)22-12-6-4-11(17)5-7-12/h4-7,10H,3,8-9H2,1-2H3,(H2,21,22,23,24). The highest BCUT2D eigenvalue weighted by molar-refractivity contribution is 6.30. The van der Waals surface area contributed by atoms with Gasteiger partial charge in [0.2, 0.25) is 5.95 Å². The fourth-order valence-electron chi connectivity index (χ4n) is 2.01. The Morgan fingerprint density at radius 3 is 2.40 bits per heavy atom. The van der Waals surface area contributed by atoms with Gasteiger partial charge in [-0.1, -0.05) is 11.6 Å². The van der Waals surface area contributed by atoms with Crippen LogP contribution < -0.4 is 10.6 Å². The summed E-state index contributed by atoms with van der Waals surface area (Å²) in [5, 5.41) is 6.21. The van der Waals surface area contributed by atoms with E-state index in [0.717, 1.165) is 19.0 Å². The highest BCUT2D eigenvalue weighted by Crippen LogP contribution is 2.30. The molecule has 0 aliphatic heterocycles. The molecule has 1 aromatic heterocycles. The lowest BCUT2D eigenvalue weighted by Crippen LogP contribution is -2.18. The maximum absolute atomic E-state index is 13.1. The van der Waals surface area contributed by atoms with E-state index in [4.69, 9.17) is 11.6 Å². The molecule has 0 unspecified atom stereocenters. The van der Waals surface area contributed by atoms with Gasteiger partial charge in [-0.05, 0) is 51.3 Å². The monoisotopic (exact) mass is 373 g/mol. The van der Waals surface area contributed by atoms with E-state index in [1.165, 1.54) is 0 Å². The van der Waals surface area contributed by atoms with E-state index in [-0.39, 0.29) is 11.8 Å². The molecule has 0 spiro atoms. The number of halogens is 4. The lowest BCUT2D eigenvalue weighted by Gasteiger charge is -2.13. The zero-order chi connectivity index (χ0) is 18.4. The van der Waals surface area contributed by atoms with Crippen molar-refractivity contribution < 1.29 is 13.2 Å². The van der Waals surface area contributed by atoms with Crippen molar-refractivity contribution in [2.45, 2.75) is 12.6 Å². The van der Waals surface area contributed by atoms with Gasteiger partial charge in [-0.3, -0.25) is 0 Å². The molecule has 0 amide bonds. The number of aromatic nitrogens is 2. The molecule has 0 aliphatic carbocycles. The maximum atomic E-state index is 13.1. The molecule has 0 radical (unpaired) electrons. The lowest BCUT2D eigenvalue weighted by molar-refractivity contribution is -0.141. The molecule has 0 bridgehead atoms. The van der Waals surface area contributed by atoms with Gasteiger partial charge < -0.3 is 15.5 Å². The summed E-state index contributed by atoms with van der Waals surface area (Å²) in [6.07, 6.45) is -3.80. The van der Waals surface area contributed by atoms with Crippen LogP contribution in [0.25, 0.3) is 0 Å². The molecule has 1 aromatic carbocycles. The Hall–Kier alpha value is -2.06. The molecule has 0 saturated heterocycles. The van der Waals surface area contributed by atoms with Gasteiger partial charge in [-0.15, -0.1) is 0 Å². The Kier molecular flexibility index (Phi) is 6.44. The molecule has 0 aliphatic rings. The summed E-state index contributed by atoms with van der Waals surface area (Å²) in [6, 6.07) is 7.45. The Balaban J connectivity index is 2.17. The summed E-state index contributed by atoms with van der Waals surface area (Å²) in [5.74, 6) is -0.00944. The van der Waals surface area contributed by atoms with E-state index in [0.29, 0.717) is 17.3 Å². The molecule has 2 rings (SSSR count). The Bertz CT molecular complexity index is 689. The third kappa shape index (κ3) is 6.39. The van der Waals surface area contributed by atoms with E-state index >= 15 is 0 Å². The minimum absolute atomic E-state index is 0.0553. The zero-order valence-corrected chi connectivity index (χ0v) is 14.6. The molecular formula is C16H19ClF3N5. The number of alkyl halides is 3. The molecule has 2 aromatic rings. The molecule has 25 heavy (non-hydrogen) atoms. The molecule has 136 valence electrons. The summed E-state index contributed by atoms with van der Waals surface area (Å²) >= 11 is 5.80. The van der Waals surface area contributed by atoms with Gasteiger partial charge in [0.1, 0.15) is 5.82 Å². The fourth-order valence-corrected chi connectivity index (χ4v) is 2.14. The van der Waals surface area contributed by atoms with E-state index in [1.54, 1.807) is 24.3 Å². The summed E-state index contributed by atoms with van der Waals surface area (Å²) in [4.78, 5) is 9.64. The van der Waals surface area contributed by atoms with Crippen molar-refractivity contribution in [3.05, 3.63) is 41.0 Å². The maximum Gasteiger partial charge on any atom is 0.433 e. The van der Waals surface area contributed by atoms with Crippen molar-refractivity contribution in [2.75, 3.05) is 37.8 Å². The molecule has 1 heterocycles. The smallest absolute Gasteiger partial charge is 0.354 e. The molecule has 0 saturated carbocycles. The van der Waals surface area contributed by atoms with Gasteiger partial charge in [0, 0.05) is 23.3 Å². The van der Waals surface area contributed by atoms with Crippen LogP contribution >= 0.6 is 11.6 Å². The van der Waals surface area contributed by atoms with Gasteiger partial charge in [0.25, 0.3) is 0 Å². The van der Waals surface area contributed by atoms with Crippen LogP contribution in [0.2, 0.25) is 5.02 Å². The average Bonchev–Trinajstić information content (AvgIpc) is 2.53. The topological polar surface area (TPSA) is 53.1 Å². The third-order valence-corrected chi connectivity index (χ3v) is 3.45. The number of benzene rings is 1. The van der Waals surface area contributed by atoms with E-state index in [9.17, 15) is 13.2 Å². The van der Waals surface area contributed by atoms with Crippen LogP contribution in [0.4, 0.5) is 30.6 Å². The van der Waals surface area contributed by atoms with Crippen LogP contribution in [0.5, 0.6) is 0 Å². The van der Waals surface area contributed by atoms with Gasteiger partial charge in [0.15, 0.2) is 5.69 Å². The molecular weight excluding hydrogens is 355 g/mol. The molecule has 0 fully saturated rings. The average molecular weight is 374 g/mol. The first kappa shape index (κ1) is 19.3. The summed E-state index contributed by atoms with van der Waals surface area (Å²) in [7, 11) is 3.85. The van der Waals surface area contributed by atoms with Crippen molar-refractivity contribution in [1.82, 2.24) is 14.9 Å². The normalized spacial score (nSPS) is 11.6. The fraction of sp³-hybridized carbons (Fsp3) is 0.375. The van der Waals surface area contributed by atoms with Crippen LogP contribution in [-0.2, 0) is 6.18 Å². The minimum atomic E-state index is -4.56. The second-order valence-corrected chi connectivity index (χ2v) is 6.11. The summed E-state index contributed by atoms with van der Waals surface area (Å²) in [6.45, 7) is 1.28. The van der Waals surface area contributed by atoms with Crippen molar-refractivity contribution >= 4 is 29.1 Å². The number of nitrogens with zero attached hydrogens (tertiary/aromatic N) is 3. The summed E-state index contributed by atoms with van der Waals surface area (Å²) < 4.78 is 39.2.